The molecule has 3 heterocycles. The average molecular weight is 603 g/mol. The van der Waals surface area contributed by atoms with E-state index in [1.54, 1.807) is 6.20 Å². The van der Waals surface area contributed by atoms with Gasteiger partial charge in [-0.3, -0.25) is 4.98 Å². The van der Waals surface area contributed by atoms with E-state index in [0.717, 1.165) is 40.9 Å². The highest BCUT2D eigenvalue weighted by Gasteiger charge is 2.44. The molecule has 2 fully saturated rings. The van der Waals surface area contributed by atoms with Crippen LogP contribution >= 0.6 is 11.3 Å². The summed E-state index contributed by atoms with van der Waals surface area (Å²) in [5, 5.41) is 28.9. The number of benzene rings is 1. The van der Waals surface area contributed by atoms with Crippen LogP contribution in [0, 0.1) is 31.4 Å². The summed E-state index contributed by atoms with van der Waals surface area (Å²) < 4.78 is 54.0. The van der Waals surface area contributed by atoms with Crippen LogP contribution in [-0.2, 0) is 9.84 Å². The van der Waals surface area contributed by atoms with Gasteiger partial charge in [-0.25, -0.2) is 27.2 Å². The van der Waals surface area contributed by atoms with Gasteiger partial charge in [-0.05, 0) is 57.4 Å². The van der Waals surface area contributed by atoms with Crippen LogP contribution in [0.15, 0.2) is 35.4 Å². The van der Waals surface area contributed by atoms with Crippen LogP contribution in [0.3, 0.4) is 0 Å². The predicted molar refractivity (Wildman–Crippen MR) is 151 cm³/mol. The topological polar surface area (TPSA) is 150 Å². The molecule has 41 heavy (non-hydrogen) atoms. The van der Waals surface area contributed by atoms with Crippen molar-refractivity contribution >= 4 is 43.2 Å². The first-order valence-corrected chi connectivity index (χ1v) is 15.6. The van der Waals surface area contributed by atoms with Crippen LogP contribution in [-0.4, -0.2) is 68.6 Å². The number of hydrogen-bond donors (Lipinski definition) is 4. The maximum absolute atomic E-state index is 13.7. The smallest absolute Gasteiger partial charge is 0.225 e. The Balaban J connectivity index is 1.31. The minimum atomic E-state index is -4.08. The van der Waals surface area contributed by atoms with Crippen molar-refractivity contribution in [3.8, 4) is 10.6 Å². The van der Waals surface area contributed by atoms with Crippen molar-refractivity contribution in [2.45, 2.75) is 62.3 Å². The summed E-state index contributed by atoms with van der Waals surface area (Å²) in [4.78, 5) is 18.1. The third-order valence-corrected chi connectivity index (χ3v) is 10.4. The Bertz CT molecular complexity index is 1750. The molecular formula is C27H28F2N6O4S2. The molecular weight excluding hydrogens is 574 g/mol. The van der Waals surface area contributed by atoms with Gasteiger partial charge >= 0.3 is 0 Å². The summed E-state index contributed by atoms with van der Waals surface area (Å²) in [6, 6.07) is 3.77. The highest BCUT2D eigenvalue weighted by molar-refractivity contribution is 7.91. The Morgan fingerprint density at radius 1 is 1.00 bits per heavy atom. The van der Waals surface area contributed by atoms with E-state index in [1.807, 2.05) is 19.9 Å². The highest BCUT2D eigenvalue weighted by Crippen LogP contribution is 2.39. The quantitative estimate of drug-likeness (QED) is 0.220. The lowest BCUT2D eigenvalue weighted by Gasteiger charge is -2.21. The molecule has 10 nitrogen and oxygen atoms in total. The number of pyridine rings is 1. The van der Waals surface area contributed by atoms with Gasteiger partial charge in [0.1, 0.15) is 22.4 Å². The molecule has 0 aliphatic heterocycles. The van der Waals surface area contributed by atoms with Crippen LogP contribution in [0.25, 0.3) is 20.8 Å². The van der Waals surface area contributed by atoms with Crippen molar-refractivity contribution in [3.05, 3.63) is 53.5 Å². The first kappa shape index (κ1) is 27.8. The lowest BCUT2D eigenvalue weighted by Crippen LogP contribution is -2.36. The zero-order chi connectivity index (χ0) is 29.1. The molecule has 0 amide bonds. The fourth-order valence-electron chi connectivity index (χ4n) is 5.15. The first-order valence-electron chi connectivity index (χ1n) is 13.2. The Labute approximate surface area is 238 Å². The number of nitrogens with one attached hydrogen (secondary N) is 2. The molecule has 14 heteroatoms. The number of halogens is 2. The van der Waals surface area contributed by atoms with Gasteiger partial charge in [0.25, 0.3) is 0 Å². The first-order chi connectivity index (χ1) is 19.5. The van der Waals surface area contributed by atoms with E-state index >= 15 is 0 Å². The number of rotatable bonds is 8. The molecule has 6 rings (SSSR count). The summed E-state index contributed by atoms with van der Waals surface area (Å²) in [7, 11) is -4.08. The van der Waals surface area contributed by atoms with Gasteiger partial charge in [0.2, 0.25) is 5.95 Å². The molecule has 2 aliphatic rings. The van der Waals surface area contributed by atoms with Crippen LogP contribution in [0.1, 0.15) is 30.7 Å². The van der Waals surface area contributed by atoms with Crippen molar-refractivity contribution in [2.24, 2.45) is 5.92 Å². The SMILES string of the molecule is Cc1nc(NC2CC2)nc(N[C@@H]2C[C@H](CS(=O)(=O)c3ccc(F)c(F)c3)[C@@H](O)[C@H]2O)c1-c1nc2c(C)nccc2s1. The van der Waals surface area contributed by atoms with Crippen LogP contribution in [0.4, 0.5) is 20.5 Å². The molecule has 4 aromatic rings. The Morgan fingerprint density at radius 2 is 1.78 bits per heavy atom. The summed E-state index contributed by atoms with van der Waals surface area (Å²) >= 11 is 1.45. The minimum absolute atomic E-state index is 0.0853. The molecule has 1 aromatic carbocycles. The summed E-state index contributed by atoms with van der Waals surface area (Å²) in [5.41, 5.74) is 2.83. The van der Waals surface area contributed by atoms with Gasteiger partial charge in [-0.2, -0.15) is 4.98 Å². The minimum Gasteiger partial charge on any atom is -0.390 e. The number of sulfone groups is 1. The van der Waals surface area contributed by atoms with E-state index in [-0.39, 0.29) is 17.4 Å². The number of aromatic nitrogens is 4. The molecule has 2 aliphatic carbocycles. The largest absolute Gasteiger partial charge is 0.390 e. The maximum atomic E-state index is 13.7. The fourth-order valence-corrected chi connectivity index (χ4v) is 7.91. The molecule has 0 saturated heterocycles. The van der Waals surface area contributed by atoms with Crippen LogP contribution in [0.2, 0.25) is 0 Å². The molecule has 2 saturated carbocycles. The van der Waals surface area contributed by atoms with E-state index in [1.165, 1.54) is 11.3 Å². The second kappa shape index (κ2) is 10.5. The number of nitrogens with zero attached hydrogens (tertiary/aromatic N) is 4. The Hall–Kier alpha value is -3.33. The number of hydrogen-bond acceptors (Lipinski definition) is 11. The number of aliphatic hydroxyl groups excluding tert-OH is 2. The van der Waals surface area contributed by atoms with Crippen molar-refractivity contribution in [1.29, 1.82) is 0 Å². The highest BCUT2D eigenvalue weighted by atomic mass is 32.2. The van der Waals surface area contributed by atoms with Crippen LogP contribution < -0.4 is 10.6 Å². The van der Waals surface area contributed by atoms with Crippen molar-refractivity contribution < 1.29 is 27.4 Å². The van der Waals surface area contributed by atoms with E-state index in [9.17, 15) is 27.4 Å². The summed E-state index contributed by atoms with van der Waals surface area (Å²) in [5.74, 6) is -3.04. The van der Waals surface area contributed by atoms with Gasteiger partial charge in [0.15, 0.2) is 21.5 Å². The normalized spacial score (nSPS) is 22.8. The van der Waals surface area contributed by atoms with Gasteiger partial charge in [-0.1, -0.05) is 0 Å². The van der Waals surface area contributed by atoms with Gasteiger partial charge in [0.05, 0.1) is 44.4 Å². The van der Waals surface area contributed by atoms with Gasteiger partial charge in [0, 0.05) is 18.2 Å². The van der Waals surface area contributed by atoms with Crippen molar-refractivity contribution in [2.75, 3.05) is 16.4 Å². The van der Waals surface area contributed by atoms with Gasteiger partial charge in [-0.15, -0.1) is 11.3 Å². The summed E-state index contributed by atoms with van der Waals surface area (Å²) in [6.07, 6.45) is 1.14. The zero-order valence-corrected chi connectivity index (χ0v) is 23.8. The zero-order valence-electron chi connectivity index (χ0n) is 22.2. The molecule has 4 N–H and O–H groups in total. The van der Waals surface area contributed by atoms with E-state index < -0.39 is 51.4 Å². The average Bonchev–Trinajstić information content (AvgIpc) is 3.56. The van der Waals surface area contributed by atoms with Crippen molar-refractivity contribution in [3.63, 3.8) is 0 Å². The monoisotopic (exact) mass is 602 g/mol. The maximum Gasteiger partial charge on any atom is 0.225 e. The number of anilines is 2. The number of aryl methyl sites for hydroxylation is 2. The lowest BCUT2D eigenvalue weighted by atomic mass is 10.1. The van der Waals surface area contributed by atoms with E-state index in [0.29, 0.717) is 34.1 Å². The number of thiazole rings is 1. The standard InChI is InChI=1S/C27H28F2N6O4S2/c1-12-21(26-34-22-13(2)30-8-7-20(22)40-26)25(35-27(31-12)32-15-3-4-15)33-19-9-14(23(36)24(19)37)11-41(38,39)16-5-6-17(28)18(29)10-16/h5-8,10,14-15,19,23-24,36-37H,3-4,9,11H2,1-2H3,(H2,31,32,33,35)/t14-,19-,23-,24+/m1/s1. The Morgan fingerprint density at radius 3 is 2.49 bits per heavy atom. The van der Waals surface area contributed by atoms with E-state index in [2.05, 4.69) is 20.6 Å². The third-order valence-electron chi connectivity index (χ3n) is 7.51. The molecule has 3 aromatic heterocycles. The number of aliphatic hydroxyl groups is 2. The predicted octanol–water partition coefficient (Wildman–Crippen LogP) is 3.61. The third kappa shape index (κ3) is 5.48. The molecule has 0 bridgehead atoms. The molecule has 0 unspecified atom stereocenters. The molecule has 216 valence electrons. The number of fused-ring (bicyclic) bond motifs is 1. The molecule has 0 spiro atoms. The lowest BCUT2D eigenvalue weighted by molar-refractivity contribution is 0.0216. The van der Waals surface area contributed by atoms with Gasteiger partial charge < -0.3 is 20.8 Å². The van der Waals surface area contributed by atoms with Crippen molar-refractivity contribution in [1.82, 2.24) is 19.9 Å². The molecule has 0 radical (unpaired) electrons. The Kier molecular flexibility index (Phi) is 7.12. The molecule has 4 atom stereocenters. The van der Waals surface area contributed by atoms with E-state index in [4.69, 9.17) is 9.97 Å². The second-order valence-corrected chi connectivity index (χ2v) is 13.7. The van der Waals surface area contributed by atoms with Crippen LogP contribution in [0.5, 0.6) is 0 Å². The second-order valence-electron chi connectivity index (χ2n) is 10.6. The fraction of sp³-hybridized carbons (Fsp3) is 0.407. The summed E-state index contributed by atoms with van der Waals surface area (Å²) in [6.45, 7) is 3.72.